The molecule has 2 aliphatic rings. The van der Waals surface area contributed by atoms with Crippen LogP contribution in [0.25, 0.3) is 0 Å². The molecule has 3 rings (SSSR count). The summed E-state index contributed by atoms with van der Waals surface area (Å²) in [6.45, 7) is 4.31. The number of ether oxygens (including phenoxy) is 2. The normalized spacial score (nSPS) is 20.0. The first-order chi connectivity index (χ1) is 15.4. The predicted molar refractivity (Wildman–Crippen MR) is 115 cm³/mol. The van der Waals surface area contributed by atoms with Gasteiger partial charge in [0.1, 0.15) is 12.1 Å². The SMILES string of the molecule is CC(NC(=O)CN1CCOCC1)C(=O)NCC(=O)NC(Cc1ccccc1)C(=O)C1CO1. The van der Waals surface area contributed by atoms with E-state index in [1.54, 1.807) is 6.92 Å². The van der Waals surface area contributed by atoms with E-state index in [4.69, 9.17) is 9.47 Å². The number of hydrogen-bond acceptors (Lipinski definition) is 7. The molecule has 0 saturated carbocycles. The Kier molecular flexibility index (Phi) is 8.72. The number of benzene rings is 1. The highest BCUT2D eigenvalue weighted by Gasteiger charge is 2.37. The van der Waals surface area contributed by atoms with Gasteiger partial charge in [-0.25, -0.2) is 0 Å². The lowest BCUT2D eigenvalue weighted by atomic mass is 10.0. The summed E-state index contributed by atoms with van der Waals surface area (Å²) in [7, 11) is 0. The summed E-state index contributed by atoms with van der Waals surface area (Å²) in [6, 6.07) is 7.83. The molecular formula is C22H30N4O6. The molecule has 10 heteroatoms. The van der Waals surface area contributed by atoms with Crippen molar-refractivity contribution in [3.05, 3.63) is 35.9 Å². The van der Waals surface area contributed by atoms with Crippen molar-refractivity contribution in [1.82, 2.24) is 20.9 Å². The van der Waals surface area contributed by atoms with Crippen LogP contribution in [0.4, 0.5) is 0 Å². The number of hydrogen-bond donors (Lipinski definition) is 3. The molecule has 2 aliphatic heterocycles. The van der Waals surface area contributed by atoms with Crippen molar-refractivity contribution in [1.29, 1.82) is 0 Å². The minimum absolute atomic E-state index is 0.183. The Hall–Kier alpha value is -2.82. The van der Waals surface area contributed by atoms with Gasteiger partial charge >= 0.3 is 0 Å². The molecule has 174 valence electrons. The van der Waals surface area contributed by atoms with Crippen LogP contribution in [-0.4, -0.2) is 92.6 Å². The van der Waals surface area contributed by atoms with Crippen molar-refractivity contribution in [2.45, 2.75) is 31.5 Å². The van der Waals surface area contributed by atoms with Gasteiger partial charge in [-0.3, -0.25) is 24.1 Å². The van der Waals surface area contributed by atoms with Crippen LogP contribution >= 0.6 is 0 Å². The van der Waals surface area contributed by atoms with E-state index in [1.807, 2.05) is 35.2 Å². The number of amides is 3. The summed E-state index contributed by atoms with van der Waals surface area (Å²) in [5.41, 5.74) is 0.910. The smallest absolute Gasteiger partial charge is 0.242 e. The van der Waals surface area contributed by atoms with Gasteiger partial charge < -0.3 is 25.4 Å². The lowest BCUT2D eigenvalue weighted by Crippen LogP contribution is -2.52. The Morgan fingerprint density at radius 2 is 1.75 bits per heavy atom. The largest absolute Gasteiger partial charge is 0.379 e. The van der Waals surface area contributed by atoms with E-state index in [2.05, 4.69) is 16.0 Å². The summed E-state index contributed by atoms with van der Waals surface area (Å²) < 4.78 is 10.3. The van der Waals surface area contributed by atoms with Crippen molar-refractivity contribution in [2.75, 3.05) is 46.0 Å². The molecule has 32 heavy (non-hydrogen) atoms. The highest BCUT2D eigenvalue weighted by atomic mass is 16.6. The van der Waals surface area contributed by atoms with Crippen LogP contribution < -0.4 is 16.0 Å². The van der Waals surface area contributed by atoms with Crippen LogP contribution in [-0.2, 0) is 35.1 Å². The average molecular weight is 447 g/mol. The first-order valence-electron chi connectivity index (χ1n) is 10.8. The number of rotatable bonds is 11. The van der Waals surface area contributed by atoms with Gasteiger partial charge in [0.05, 0.1) is 39.0 Å². The second-order valence-electron chi connectivity index (χ2n) is 7.93. The van der Waals surface area contributed by atoms with Gasteiger partial charge in [0.25, 0.3) is 0 Å². The molecule has 0 aromatic heterocycles. The maximum atomic E-state index is 12.5. The number of morpholine rings is 1. The highest BCUT2D eigenvalue weighted by Crippen LogP contribution is 2.15. The molecule has 3 unspecified atom stereocenters. The fraction of sp³-hybridized carbons (Fsp3) is 0.545. The van der Waals surface area contributed by atoms with Crippen LogP contribution in [0.15, 0.2) is 30.3 Å². The van der Waals surface area contributed by atoms with E-state index in [1.165, 1.54) is 0 Å². The second-order valence-corrected chi connectivity index (χ2v) is 7.93. The van der Waals surface area contributed by atoms with Crippen molar-refractivity contribution in [3.63, 3.8) is 0 Å². The van der Waals surface area contributed by atoms with Gasteiger partial charge in [0, 0.05) is 13.1 Å². The topological polar surface area (TPSA) is 129 Å². The molecule has 2 heterocycles. The Balaban J connectivity index is 1.42. The van der Waals surface area contributed by atoms with E-state index < -0.39 is 30.0 Å². The molecule has 0 spiro atoms. The molecule has 3 atom stereocenters. The Morgan fingerprint density at radius 1 is 1.06 bits per heavy atom. The highest BCUT2D eigenvalue weighted by molar-refractivity contribution is 5.95. The Morgan fingerprint density at radius 3 is 2.41 bits per heavy atom. The van der Waals surface area contributed by atoms with Gasteiger partial charge in [-0.2, -0.15) is 0 Å². The van der Waals surface area contributed by atoms with Crippen molar-refractivity contribution in [3.8, 4) is 0 Å². The fourth-order valence-electron chi connectivity index (χ4n) is 3.39. The fourth-order valence-corrected chi connectivity index (χ4v) is 3.39. The second kappa shape index (κ2) is 11.7. The zero-order chi connectivity index (χ0) is 22.9. The zero-order valence-corrected chi connectivity index (χ0v) is 18.2. The van der Waals surface area contributed by atoms with Crippen molar-refractivity contribution >= 4 is 23.5 Å². The Labute approximate surface area is 187 Å². The minimum atomic E-state index is -0.794. The third kappa shape index (κ3) is 7.70. The van der Waals surface area contributed by atoms with Crippen LogP contribution in [0.2, 0.25) is 0 Å². The number of Topliss-reactive ketones (excluding diaryl/α,β-unsaturated/α-hetero) is 1. The van der Waals surface area contributed by atoms with E-state index >= 15 is 0 Å². The number of carbonyl (C=O) groups is 4. The van der Waals surface area contributed by atoms with Crippen molar-refractivity contribution in [2.24, 2.45) is 0 Å². The molecule has 10 nitrogen and oxygen atoms in total. The number of nitrogens with one attached hydrogen (secondary N) is 3. The Bertz CT molecular complexity index is 808. The van der Waals surface area contributed by atoms with Gasteiger partial charge in [0.2, 0.25) is 17.7 Å². The summed E-state index contributed by atoms with van der Waals surface area (Å²) in [5, 5.41) is 7.82. The zero-order valence-electron chi connectivity index (χ0n) is 18.2. The maximum Gasteiger partial charge on any atom is 0.242 e. The number of ketones is 1. The molecule has 3 N–H and O–H groups in total. The monoisotopic (exact) mass is 446 g/mol. The van der Waals surface area contributed by atoms with E-state index in [0.29, 0.717) is 39.3 Å². The molecule has 2 saturated heterocycles. The molecule has 1 aromatic carbocycles. The summed E-state index contributed by atoms with van der Waals surface area (Å²) in [5.74, 6) is -1.42. The van der Waals surface area contributed by atoms with Gasteiger partial charge in [-0.15, -0.1) is 0 Å². The molecule has 1 aromatic rings. The third-order valence-electron chi connectivity index (χ3n) is 5.28. The lowest BCUT2D eigenvalue weighted by molar-refractivity contribution is -0.131. The van der Waals surface area contributed by atoms with E-state index in [0.717, 1.165) is 5.56 Å². The van der Waals surface area contributed by atoms with Gasteiger partial charge in [-0.05, 0) is 18.9 Å². The minimum Gasteiger partial charge on any atom is -0.379 e. The lowest BCUT2D eigenvalue weighted by Gasteiger charge is -2.26. The molecule has 2 fully saturated rings. The van der Waals surface area contributed by atoms with E-state index in [9.17, 15) is 19.2 Å². The van der Waals surface area contributed by atoms with Crippen molar-refractivity contribution < 1.29 is 28.7 Å². The molecular weight excluding hydrogens is 416 g/mol. The number of epoxide rings is 1. The van der Waals surface area contributed by atoms with Crippen LogP contribution in [0.5, 0.6) is 0 Å². The predicted octanol–water partition coefficient (Wildman–Crippen LogP) is -1.37. The van der Waals surface area contributed by atoms with Gasteiger partial charge in [0.15, 0.2) is 5.78 Å². The first kappa shape index (κ1) is 23.8. The molecule has 3 amide bonds. The summed E-state index contributed by atoms with van der Waals surface area (Å²) in [6.07, 6.45) is -0.145. The van der Waals surface area contributed by atoms with Gasteiger partial charge in [-0.1, -0.05) is 30.3 Å². The summed E-state index contributed by atoms with van der Waals surface area (Å²) in [4.78, 5) is 51.2. The standard InChI is InChI=1S/C22H30N4O6/c1-15(24-20(28)13-26-7-9-31-10-8-26)22(30)23-12-19(27)25-17(21(29)18-14-32-18)11-16-5-3-2-4-6-16/h2-6,15,17-18H,7-14H2,1H3,(H,23,30)(H,24,28)(H,25,27). The van der Waals surface area contributed by atoms with Crippen LogP contribution in [0, 0.1) is 0 Å². The van der Waals surface area contributed by atoms with Crippen LogP contribution in [0.1, 0.15) is 12.5 Å². The summed E-state index contributed by atoms with van der Waals surface area (Å²) >= 11 is 0. The van der Waals surface area contributed by atoms with Crippen LogP contribution in [0.3, 0.4) is 0 Å². The quantitative estimate of drug-likeness (QED) is 0.358. The molecule has 0 bridgehead atoms. The number of carbonyl (C=O) groups excluding carboxylic acids is 4. The maximum absolute atomic E-state index is 12.5. The molecule has 0 radical (unpaired) electrons. The third-order valence-corrected chi connectivity index (χ3v) is 5.28. The number of nitrogens with zero attached hydrogens (tertiary/aromatic N) is 1. The molecule has 0 aliphatic carbocycles. The average Bonchev–Trinajstić information content (AvgIpc) is 3.63. The first-order valence-corrected chi connectivity index (χ1v) is 10.8. The van der Waals surface area contributed by atoms with E-state index in [-0.39, 0.29) is 24.8 Å².